The molecular weight excluding hydrogens is 269 g/mol. The molecule has 1 N–H and O–H groups in total. The van der Waals surface area contributed by atoms with Gasteiger partial charge < -0.3 is 9.84 Å². The summed E-state index contributed by atoms with van der Waals surface area (Å²) in [4.78, 5) is 0. The van der Waals surface area contributed by atoms with Crippen molar-refractivity contribution < 1.29 is 23.0 Å². The number of aliphatic hydroxyl groups excluding tert-OH is 1. The summed E-state index contributed by atoms with van der Waals surface area (Å²) in [7, 11) is 0. The molecule has 1 aromatic carbocycles. The van der Waals surface area contributed by atoms with Crippen molar-refractivity contribution in [3.63, 3.8) is 0 Å². The molecule has 0 spiro atoms. The van der Waals surface area contributed by atoms with Gasteiger partial charge >= 0.3 is 6.18 Å². The lowest BCUT2D eigenvalue weighted by molar-refractivity contribution is -0.138. The van der Waals surface area contributed by atoms with Crippen LogP contribution in [-0.4, -0.2) is 15.3 Å². The number of alkyl halides is 3. The Morgan fingerprint density at radius 1 is 1.28 bits per heavy atom. The quantitative estimate of drug-likeness (QED) is 0.936. The minimum Gasteiger partial charge on any atom is -0.430 e. The Morgan fingerprint density at radius 3 is 2.67 bits per heavy atom. The standard InChI is InChI=1S/C10H7F3N2O2S/c11-10(12,13)8-14-15-9(18-8)17-7-3-1-2-6(4-7)5-16/h1-4,16H,5H2. The molecule has 0 aliphatic rings. The summed E-state index contributed by atoms with van der Waals surface area (Å²) in [6.45, 7) is -0.179. The molecule has 0 saturated heterocycles. The zero-order chi connectivity index (χ0) is 13.2. The fourth-order valence-electron chi connectivity index (χ4n) is 1.17. The molecule has 0 aliphatic carbocycles. The van der Waals surface area contributed by atoms with Crippen molar-refractivity contribution in [2.45, 2.75) is 12.8 Å². The molecule has 1 heterocycles. The molecule has 0 unspecified atom stereocenters. The van der Waals surface area contributed by atoms with E-state index in [1.54, 1.807) is 18.2 Å². The molecule has 0 bridgehead atoms. The first-order chi connectivity index (χ1) is 8.49. The number of rotatable bonds is 3. The number of hydrogen-bond donors (Lipinski definition) is 1. The Morgan fingerprint density at radius 2 is 2.06 bits per heavy atom. The number of hydrogen-bond acceptors (Lipinski definition) is 5. The van der Waals surface area contributed by atoms with Crippen LogP contribution in [-0.2, 0) is 12.8 Å². The maximum atomic E-state index is 12.3. The predicted molar refractivity (Wildman–Crippen MR) is 57.3 cm³/mol. The minimum absolute atomic E-state index is 0.179. The average Bonchev–Trinajstić information content (AvgIpc) is 2.77. The van der Waals surface area contributed by atoms with E-state index in [1.165, 1.54) is 6.07 Å². The van der Waals surface area contributed by atoms with Crippen molar-refractivity contribution in [2.75, 3.05) is 0 Å². The molecule has 2 aromatic rings. The molecule has 2 rings (SSSR count). The van der Waals surface area contributed by atoms with Crippen LogP contribution in [0.15, 0.2) is 24.3 Å². The summed E-state index contributed by atoms with van der Waals surface area (Å²) in [5, 5.41) is 13.9. The van der Waals surface area contributed by atoms with Gasteiger partial charge in [0, 0.05) is 0 Å². The van der Waals surface area contributed by atoms with Crippen LogP contribution >= 0.6 is 11.3 Å². The highest BCUT2D eigenvalue weighted by Crippen LogP contribution is 2.35. The second-order valence-electron chi connectivity index (χ2n) is 3.28. The molecule has 0 radical (unpaired) electrons. The van der Waals surface area contributed by atoms with Gasteiger partial charge in [-0.3, -0.25) is 0 Å². The molecule has 0 amide bonds. The fourth-order valence-corrected chi connectivity index (χ4v) is 1.76. The van der Waals surface area contributed by atoms with Gasteiger partial charge in [0.2, 0.25) is 5.01 Å². The summed E-state index contributed by atoms with van der Waals surface area (Å²) in [6, 6.07) is 6.34. The van der Waals surface area contributed by atoms with Crippen molar-refractivity contribution in [1.29, 1.82) is 0 Å². The van der Waals surface area contributed by atoms with Gasteiger partial charge in [0.25, 0.3) is 5.19 Å². The Labute approximate surface area is 104 Å². The van der Waals surface area contributed by atoms with Crippen molar-refractivity contribution >= 4 is 11.3 Å². The number of aromatic nitrogens is 2. The van der Waals surface area contributed by atoms with Crippen LogP contribution in [0.2, 0.25) is 0 Å². The molecule has 0 atom stereocenters. The van der Waals surface area contributed by atoms with E-state index in [0.29, 0.717) is 22.6 Å². The van der Waals surface area contributed by atoms with Gasteiger partial charge in [-0.2, -0.15) is 13.2 Å². The zero-order valence-electron chi connectivity index (χ0n) is 8.81. The van der Waals surface area contributed by atoms with Gasteiger partial charge in [0.05, 0.1) is 6.61 Å². The summed E-state index contributed by atoms with van der Waals surface area (Å²) >= 11 is 0.316. The monoisotopic (exact) mass is 276 g/mol. The highest BCUT2D eigenvalue weighted by Gasteiger charge is 2.36. The van der Waals surface area contributed by atoms with Gasteiger partial charge in [-0.25, -0.2) is 0 Å². The van der Waals surface area contributed by atoms with E-state index in [4.69, 9.17) is 9.84 Å². The van der Waals surface area contributed by atoms with E-state index < -0.39 is 11.2 Å². The Hall–Kier alpha value is -1.67. The fraction of sp³-hybridized carbons (Fsp3) is 0.200. The SMILES string of the molecule is OCc1cccc(Oc2nnc(C(F)(F)F)s2)c1. The van der Waals surface area contributed by atoms with Crippen molar-refractivity contribution in [3.8, 4) is 10.9 Å². The van der Waals surface area contributed by atoms with E-state index in [-0.39, 0.29) is 11.8 Å². The third kappa shape index (κ3) is 2.96. The Balaban J connectivity index is 2.16. The highest BCUT2D eigenvalue weighted by molar-refractivity contribution is 7.13. The lowest BCUT2D eigenvalue weighted by Gasteiger charge is -2.02. The summed E-state index contributed by atoms with van der Waals surface area (Å²) in [5.74, 6) is 0.298. The van der Waals surface area contributed by atoms with Crippen LogP contribution < -0.4 is 4.74 Å². The van der Waals surface area contributed by atoms with E-state index in [2.05, 4.69) is 10.2 Å². The lowest BCUT2D eigenvalue weighted by atomic mass is 10.2. The second kappa shape index (κ2) is 4.91. The highest BCUT2D eigenvalue weighted by atomic mass is 32.1. The maximum Gasteiger partial charge on any atom is 0.445 e. The van der Waals surface area contributed by atoms with Gasteiger partial charge in [0.15, 0.2) is 0 Å². The van der Waals surface area contributed by atoms with Crippen LogP contribution in [0.1, 0.15) is 10.6 Å². The number of halogens is 3. The van der Waals surface area contributed by atoms with Gasteiger partial charge in [-0.05, 0) is 17.7 Å². The second-order valence-corrected chi connectivity index (χ2v) is 4.22. The van der Waals surface area contributed by atoms with E-state index in [9.17, 15) is 13.2 Å². The first kappa shape index (κ1) is 12.8. The molecular formula is C10H7F3N2O2S. The summed E-state index contributed by atoms with van der Waals surface area (Å²) < 4.78 is 42.0. The van der Waals surface area contributed by atoms with Gasteiger partial charge in [-0.15, -0.1) is 5.10 Å². The smallest absolute Gasteiger partial charge is 0.430 e. The molecule has 0 aliphatic heterocycles. The third-order valence-electron chi connectivity index (χ3n) is 1.94. The minimum atomic E-state index is -4.52. The van der Waals surface area contributed by atoms with E-state index >= 15 is 0 Å². The van der Waals surface area contributed by atoms with Crippen molar-refractivity contribution in [1.82, 2.24) is 10.2 Å². The molecule has 18 heavy (non-hydrogen) atoms. The number of ether oxygens (including phenoxy) is 1. The number of benzene rings is 1. The largest absolute Gasteiger partial charge is 0.445 e. The normalized spacial score (nSPS) is 11.6. The zero-order valence-corrected chi connectivity index (χ0v) is 9.63. The lowest BCUT2D eigenvalue weighted by Crippen LogP contribution is -2.03. The topological polar surface area (TPSA) is 55.2 Å². The summed E-state index contributed by atoms with van der Waals surface area (Å²) in [6.07, 6.45) is -4.52. The third-order valence-corrected chi connectivity index (χ3v) is 2.78. The van der Waals surface area contributed by atoms with E-state index in [1.807, 2.05) is 0 Å². The first-order valence-electron chi connectivity index (χ1n) is 4.77. The number of aliphatic hydroxyl groups is 1. The predicted octanol–water partition coefficient (Wildman–Crippen LogP) is 2.84. The van der Waals surface area contributed by atoms with Crippen molar-refractivity contribution in [3.05, 3.63) is 34.8 Å². The van der Waals surface area contributed by atoms with Crippen LogP contribution in [0.25, 0.3) is 0 Å². The molecule has 1 aromatic heterocycles. The van der Waals surface area contributed by atoms with Gasteiger partial charge in [0.1, 0.15) is 5.75 Å². The van der Waals surface area contributed by atoms with Crippen LogP contribution in [0, 0.1) is 0 Å². The number of nitrogens with zero attached hydrogens (tertiary/aromatic N) is 2. The first-order valence-corrected chi connectivity index (χ1v) is 5.59. The molecule has 0 saturated carbocycles. The van der Waals surface area contributed by atoms with Crippen LogP contribution in [0.5, 0.6) is 10.9 Å². The van der Waals surface area contributed by atoms with Crippen molar-refractivity contribution in [2.24, 2.45) is 0 Å². The van der Waals surface area contributed by atoms with Gasteiger partial charge in [-0.1, -0.05) is 28.6 Å². The molecule has 96 valence electrons. The average molecular weight is 276 g/mol. The van der Waals surface area contributed by atoms with Crippen LogP contribution in [0.4, 0.5) is 13.2 Å². The molecule has 0 fully saturated rings. The van der Waals surface area contributed by atoms with E-state index in [0.717, 1.165) is 0 Å². The van der Waals surface area contributed by atoms with Crippen LogP contribution in [0.3, 0.4) is 0 Å². The molecule has 8 heteroatoms. The Kier molecular flexibility index (Phi) is 3.48. The Bertz CT molecular complexity index is 542. The molecule has 4 nitrogen and oxygen atoms in total. The summed E-state index contributed by atoms with van der Waals surface area (Å²) in [5.41, 5.74) is 0.591. The maximum absolute atomic E-state index is 12.3.